The Kier molecular flexibility index (Phi) is 4.94. The van der Waals surface area contributed by atoms with Crippen molar-refractivity contribution in [2.45, 2.75) is 72.3 Å². The summed E-state index contributed by atoms with van der Waals surface area (Å²) >= 11 is 0. The molecule has 0 aromatic carbocycles. The molecule has 0 saturated heterocycles. The highest BCUT2D eigenvalue weighted by Crippen LogP contribution is 2.65. The molecule has 2 rings (SSSR count). The average molecular weight is 267 g/mol. The molecule has 1 N–H and O–H groups in total. The molecule has 2 aliphatic carbocycles. The summed E-state index contributed by atoms with van der Waals surface area (Å²) in [5.41, 5.74) is 1.04. The van der Waals surface area contributed by atoms with E-state index in [0.717, 1.165) is 38.1 Å². The van der Waals surface area contributed by atoms with E-state index in [1.165, 1.54) is 32.1 Å². The maximum atomic E-state index is 5.63. The highest BCUT2D eigenvalue weighted by Gasteiger charge is 2.60. The lowest BCUT2D eigenvalue weighted by molar-refractivity contribution is 0.111. The van der Waals surface area contributed by atoms with Crippen LogP contribution in [0.1, 0.15) is 66.2 Å². The first-order valence-electron chi connectivity index (χ1n) is 8.33. The van der Waals surface area contributed by atoms with Crippen LogP contribution >= 0.6 is 0 Å². The van der Waals surface area contributed by atoms with E-state index < -0.39 is 0 Å². The lowest BCUT2D eigenvalue weighted by Crippen LogP contribution is -2.44. The first-order valence-corrected chi connectivity index (χ1v) is 8.33. The topological polar surface area (TPSA) is 21.3 Å². The number of hydrogen-bond donors (Lipinski definition) is 1. The molecule has 0 aliphatic heterocycles. The zero-order valence-corrected chi connectivity index (χ0v) is 13.4. The third-order valence-electron chi connectivity index (χ3n) is 6.29. The molecule has 2 saturated carbocycles. The van der Waals surface area contributed by atoms with Gasteiger partial charge in [-0.3, -0.25) is 0 Å². The fourth-order valence-corrected chi connectivity index (χ4v) is 4.31. The molecule has 0 amide bonds. The van der Waals surface area contributed by atoms with Gasteiger partial charge in [-0.15, -0.1) is 0 Å². The third kappa shape index (κ3) is 2.85. The minimum atomic E-state index is 0.515. The van der Waals surface area contributed by atoms with Crippen LogP contribution in [0.5, 0.6) is 0 Å². The maximum Gasteiger partial charge on any atom is 0.0478 e. The molecule has 0 spiro atoms. The maximum absolute atomic E-state index is 5.63. The Hall–Kier alpha value is -0.0800. The summed E-state index contributed by atoms with van der Waals surface area (Å²) in [4.78, 5) is 0. The zero-order valence-electron chi connectivity index (χ0n) is 13.4. The van der Waals surface area contributed by atoms with Gasteiger partial charge in [0.25, 0.3) is 0 Å². The summed E-state index contributed by atoms with van der Waals surface area (Å²) in [6, 6.07) is 0.733. The molecule has 2 heteroatoms. The summed E-state index contributed by atoms with van der Waals surface area (Å²) in [5, 5.41) is 3.82. The van der Waals surface area contributed by atoms with E-state index in [0.29, 0.717) is 10.8 Å². The summed E-state index contributed by atoms with van der Waals surface area (Å²) in [6.45, 7) is 12.7. The van der Waals surface area contributed by atoms with Crippen molar-refractivity contribution in [3.8, 4) is 0 Å². The normalized spacial score (nSPS) is 36.0. The van der Waals surface area contributed by atoms with Crippen LogP contribution in [0.3, 0.4) is 0 Å². The number of hydrogen-bond acceptors (Lipinski definition) is 2. The van der Waals surface area contributed by atoms with Crippen molar-refractivity contribution in [3.05, 3.63) is 0 Å². The van der Waals surface area contributed by atoms with Crippen LogP contribution in [0, 0.1) is 16.7 Å². The van der Waals surface area contributed by atoms with Crippen molar-refractivity contribution < 1.29 is 4.74 Å². The monoisotopic (exact) mass is 267 g/mol. The van der Waals surface area contributed by atoms with Gasteiger partial charge in [0.1, 0.15) is 0 Å². The van der Waals surface area contributed by atoms with Crippen LogP contribution in [0.4, 0.5) is 0 Å². The average Bonchev–Trinajstić information content (AvgIpc) is 2.70. The Morgan fingerprint density at radius 2 is 1.89 bits per heavy atom. The van der Waals surface area contributed by atoms with E-state index in [4.69, 9.17) is 4.74 Å². The molecular formula is C17H33NO. The quantitative estimate of drug-likeness (QED) is 0.671. The van der Waals surface area contributed by atoms with E-state index in [1.54, 1.807) is 0 Å². The Bertz CT molecular complexity index is 289. The molecule has 0 heterocycles. The van der Waals surface area contributed by atoms with Crippen molar-refractivity contribution in [1.29, 1.82) is 0 Å². The Morgan fingerprint density at radius 3 is 2.47 bits per heavy atom. The molecule has 0 aromatic heterocycles. The second kappa shape index (κ2) is 6.13. The van der Waals surface area contributed by atoms with E-state index in [2.05, 4.69) is 33.0 Å². The molecule has 2 nitrogen and oxygen atoms in total. The SMILES string of the molecule is CCCCOCCCNC1CC2CCC1(C)C2(C)C. The first kappa shape index (κ1) is 15.3. The number of fused-ring (bicyclic) bond motifs is 2. The summed E-state index contributed by atoms with van der Waals surface area (Å²) in [6.07, 6.45) is 7.83. The molecule has 19 heavy (non-hydrogen) atoms. The standard InChI is InChI=1S/C17H33NO/c1-5-6-11-19-12-7-10-18-15-13-14-8-9-17(15,4)16(14,2)3/h14-15,18H,5-13H2,1-4H3. The van der Waals surface area contributed by atoms with Gasteiger partial charge in [0.15, 0.2) is 0 Å². The van der Waals surface area contributed by atoms with Gasteiger partial charge >= 0.3 is 0 Å². The zero-order chi connectivity index (χ0) is 13.9. The van der Waals surface area contributed by atoms with Crippen molar-refractivity contribution in [2.75, 3.05) is 19.8 Å². The van der Waals surface area contributed by atoms with Crippen LogP contribution < -0.4 is 5.32 Å². The summed E-state index contributed by atoms with van der Waals surface area (Å²) in [7, 11) is 0. The van der Waals surface area contributed by atoms with Gasteiger partial charge in [-0.1, -0.05) is 34.1 Å². The predicted molar refractivity (Wildman–Crippen MR) is 81.4 cm³/mol. The van der Waals surface area contributed by atoms with Gasteiger partial charge in [-0.2, -0.15) is 0 Å². The van der Waals surface area contributed by atoms with Crippen LogP contribution in [0.2, 0.25) is 0 Å². The third-order valence-corrected chi connectivity index (χ3v) is 6.29. The van der Waals surface area contributed by atoms with Gasteiger partial charge in [0.05, 0.1) is 0 Å². The molecule has 112 valence electrons. The molecule has 2 aliphatic rings. The Morgan fingerprint density at radius 1 is 1.16 bits per heavy atom. The largest absolute Gasteiger partial charge is 0.381 e. The molecule has 0 radical (unpaired) electrons. The molecule has 3 unspecified atom stereocenters. The van der Waals surface area contributed by atoms with Gasteiger partial charge in [-0.25, -0.2) is 0 Å². The van der Waals surface area contributed by atoms with Crippen molar-refractivity contribution in [3.63, 3.8) is 0 Å². The molecule has 2 bridgehead atoms. The van der Waals surface area contributed by atoms with E-state index in [-0.39, 0.29) is 0 Å². The fourth-order valence-electron chi connectivity index (χ4n) is 4.31. The molecular weight excluding hydrogens is 234 g/mol. The molecule has 3 atom stereocenters. The lowest BCUT2D eigenvalue weighted by Gasteiger charge is -2.39. The minimum absolute atomic E-state index is 0.515. The van der Waals surface area contributed by atoms with Crippen molar-refractivity contribution in [1.82, 2.24) is 5.32 Å². The second-order valence-electron chi connectivity index (χ2n) is 7.44. The highest BCUT2D eigenvalue weighted by atomic mass is 16.5. The van der Waals surface area contributed by atoms with Crippen LogP contribution in [-0.4, -0.2) is 25.8 Å². The fraction of sp³-hybridized carbons (Fsp3) is 1.00. The van der Waals surface area contributed by atoms with Crippen LogP contribution in [0.25, 0.3) is 0 Å². The number of rotatable bonds is 8. The molecule has 0 aromatic rings. The van der Waals surface area contributed by atoms with Gasteiger partial charge < -0.3 is 10.1 Å². The first-order chi connectivity index (χ1) is 9.02. The van der Waals surface area contributed by atoms with E-state index in [9.17, 15) is 0 Å². The van der Waals surface area contributed by atoms with E-state index in [1.807, 2.05) is 0 Å². The second-order valence-corrected chi connectivity index (χ2v) is 7.44. The summed E-state index contributed by atoms with van der Waals surface area (Å²) < 4.78 is 5.63. The lowest BCUT2D eigenvalue weighted by atomic mass is 9.69. The van der Waals surface area contributed by atoms with Gasteiger partial charge in [0.2, 0.25) is 0 Å². The highest BCUT2D eigenvalue weighted by molar-refractivity contribution is 5.12. The van der Waals surface area contributed by atoms with E-state index >= 15 is 0 Å². The minimum Gasteiger partial charge on any atom is -0.381 e. The number of nitrogens with one attached hydrogen (secondary N) is 1. The number of unbranched alkanes of at least 4 members (excludes halogenated alkanes) is 1. The predicted octanol–water partition coefficient (Wildman–Crippen LogP) is 4.00. The number of ether oxygens (including phenoxy) is 1. The smallest absolute Gasteiger partial charge is 0.0478 e. The Labute approximate surface area is 119 Å². The Balaban J connectivity index is 1.65. The van der Waals surface area contributed by atoms with Gasteiger partial charge in [0, 0.05) is 19.3 Å². The van der Waals surface area contributed by atoms with Gasteiger partial charge in [-0.05, 0) is 55.4 Å². The van der Waals surface area contributed by atoms with Crippen LogP contribution in [-0.2, 0) is 4.74 Å². The van der Waals surface area contributed by atoms with Crippen LogP contribution in [0.15, 0.2) is 0 Å². The molecule has 2 fully saturated rings. The summed E-state index contributed by atoms with van der Waals surface area (Å²) in [5.74, 6) is 0.941. The van der Waals surface area contributed by atoms with Crippen molar-refractivity contribution >= 4 is 0 Å². The van der Waals surface area contributed by atoms with Crippen molar-refractivity contribution in [2.24, 2.45) is 16.7 Å².